The number of hydrogen-bond acceptors (Lipinski definition) is 3. The molecule has 2 N–H and O–H groups in total. The number of nitrogens with zero attached hydrogens (tertiary/aromatic N) is 1. The molecule has 1 heterocycles. The van der Waals surface area contributed by atoms with Gasteiger partial charge in [0.25, 0.3) is 5.91 Å². The highest BCUT2D eigenvalue weighted by Crippen LogP contribution is 2.27. The SMILES string of the molecule is CCC(C)(OC)C(=O)N1CCCC(C)C1CN. The van der Waals surface area contributed by atoms with Crippen LogP contribution < -0.4 is 5.73 Å². The van der Waals surface area contributed by atoms with Crippen LogP contribution in [0.2, 0.25) is 0 Å². The normalized spacial score (nSPS) is 28.9. The van der Waals surface area contributed by atoms with E-state index in [0.717, 1.165) is 19.4 Å². The van der Waals surface area contributed by atoms with E-state index >= 15 is 0 Å². The Morgan fingerprint density at radius 2 is 2.24 bits per heavy atom. The van der Waals surface area contributed by atoms with Crippen molar-refractivity contribution in [2.24, 2.45) is 11.7 Å². The van der Waals surface area contributed by atoms with Gasteiger partial charge in [-0.25, -0.2) is 0 Å². The summed E-state index contributed by atoms with van der Waals surface area (Å²) < 4.78 is 5.40. The second-order valence-electron chi connectivity index (χ2n) is 5.21. The molecule has 0 radical (unpaired) electrons. The van der Waals surface area contributed by atoms with E-state index in [4.69, 9.17) is 10.5 Å². The highest BCUT2D eigenvalue weighted by molar-refractivity contribution is 5.85. The largest absolute Gasteiger partial charge is 0.369 e. The molecule has 0 saturated carbocycles. The van der Waals surface area contributed by atoms with Crippen LogP contribution in [0.1, 0.15) is 40.0 Å². The van der Waals surface area contributed by atoms with Crippen LogP contribution >= 0.6 is 0 Å². The van der Waals surface area contributed by atoms with Crippen molar-refractivity contribution in [2.45, 2.75) is 51.7 Å². The summed E-state index contributed by atoms with van der Waals surface area (Å²) in [6.07, 6.45) is 2.90. The van der Waals surface area contributed by atoms with Crippen LogP contribution in [0.4, 0.5) is 0 Å². The van der Waals surface area contributed by atoms with E-state index in [9.17, 15) is 4.79 Å². The molecule has 0 aromatic carbocycles. The van der Waals surface area contributed by atoms with E-state index in [1.165, 1.54) is 0 Å². The topological polar surface area (TPSA) is 55.6 Å². The minimum Gasteiger partial charge on any atom is -0.369 e. The Hall–Kier alpha value is -0.610. The molecule has 0 aromatic rings. The number of hydrogen-bond donors (Lipinski definition) is 1. The second-order valence-corrected chi connectivity index (χ2v) is 5.21. The van der Waals surface area contributed by atoms with Crippen molar-refractivity contribution >= 4 is 5.91 Å². The number of ether oxygens (including phenoxy) is 1. The van der Waals surface area contributed by atoms with Crippen LogP contribution in [0.5, 0.6) is 0 Å². The average Bonchev–Trinajstić information content (AvgIpc) is 2.36. The van der Waals surface area contributed by atoms with Crippen molar-refractivity contribution in [3.05, 3.63) is 0 Å². The summed E-state index contributed by atoms with van der Waals surface area (Å²) in [5.41, 5.74) is 5.11. The summed E-state index contributed by atoms with van der Waals surface area (Å²) in [6, 6.07) is 0.164. The lowest BCUT2D eigenvalue weighted by Gasteiger charge is -2.43. The first-order valence-corrected chi connectivity index (χ1v) is 6.56. The molecule has 0 bridgehead atoms. The van der Waals surface area contributed by atoms with Crippen molar-refractivity contribution in [3.63, 3.8) is 0 Å². The van der Waals surface area contributed by atoms with Crippen molar-refractivity contribution in [1.82, 2.24) is 4.90 Å². The van der Waals surface area contributed by atoms with Gasteiger partial charge >= 0.3 is 0 Å². The van der Waals surface area contributed by atoms with Gasteiger partial charge in [-0.2, -0.15) is 0 Å². The summed E-state index contributed by atoms with van der Waals surface area (Å²) in [5.74, 6) is 0.570. The fourth-order valence-electron chi connectivity index (χ4n) is 2.55. The molecule has 4 nitrogen and oxygen atoms in total. The molecule has 0 aromatic heterocycles. The number of nitrogens with two attached hydrogens (primary N) is 1. The Morgan fingerprint density at radius 1 is 1.59 bits per heavy atom. The summed E-state index contributed by atoms with van der Waals surface area (Å²) in [6.45, 7) is 7.36. The lowest BCUT2D eigenvalue weighted by Crippen LogP contribution is -2.57. The van der Waals surface area contributed by atoms with E-state index < -0.39 is 5.60 Å². The quantitative estimate of drug-likeness (QED) is 0.810. The van der Waals surface area contributed by atoms with Gasteiger partial charge in [0.2, 0.25) is 0 Å². The molecule has 3 unspecified atom stereocenters. The molecule has 4 heteroatoms. The number of carbonyl (C=O) groups excluding carboxylic acids is 1. The molecule has 1 amide bonds. The van der Waals surface area contributed by atoms with Gasteiger partial charge in [0.15, 0.2) is 0 Å². The number of piperidine rings is 1. The molecule has 0 aliphatic carbocycles. The molecule has 100 valence electrons. The van der Waals surface area contributed by atoms with Gasteiger partial charge in [-0.1, -0.05) is 13.8 Å². The van der Waals surface area contributed by atoms with Crippen LogP contribution in [-0.2, 0) is 9.53 Å². The lowest BCUT2D eigenvalue weighted by molar-refractivity contribution is -0.158. The van der Waals surface area contributed by atoms with Gasteiger partial charge in [0.1, 0.15) is 5.60 Å². The Balaban J connectivity index is 2.86. The van der Waals surface area contributed by atoms with Crippen molar-refractivity contribution in [1.29, 1.82) is 0 Å². The van der Waals surface area contributed by atoms with E-state index in [-0.39, 0.29) is 11.9 Å². The summed E-state index contributed by atoms with van der Waals surface area (Å²) in [7, 11) is 1.60. The molecule has 0 spiro atoms. The molecule has 1 aliphatic heterocycles. The second kappa shape index (κ2) is 5.83. The van der Waals surface area contributed by atoms with Crippen molar-refractivity contribution in [2.75, 3.05) is 20.2 Å². The summed E-state index contributed by atoms with van der Waals surface area (Å²) in [5, 5.41) is 0. The Bertz CT molecular complexity index is 264. The van der Waals surface area contributed by atoms with Gasteiger partial charge in [0.05, 0.1) is 0 Å². The standard InChI is InChI=1S/C13H26N2O2/c1-5-13(3,17-4)12(16)15-8-6-7-10(2)11(15)9-14/h10-11H,5-9,14H2,1-4H3. The summed E-state index contributed by atoms with van der Waals surface area (Å²) in [4.78, 5) is 14.5. The highest BCUT2D eigenvalue weighted by atomic mass is 16.5. The van der Waals surface area contributed by atoms with E-state index in [1.807, 2.05) is 18.7 Å². The maximum atomic E-state index is 12.5. The van der Waals surface area contributed by atoms with Crippen LogP contribution in [0, 0.1) is 5.92 Å². The average molecular weight is 242 g/mol. The van der Waals surface area contributed by atoms with Crippen LogP contribution in [0.3, 0.4) is 0 Å². The molecular formula is C13H26N2O2. The predicted octanol–water partition coefficient (Wildman–Crippen LogP) is 1.39. The fraction of sp³-hybridized carbons (Fsp3) is 0.923. The molecule has 17 heavy (non-hydrogen) atoms. The lowest BCUT2D eigenvalue weighted by atomic mass is 9.88. The third-order valence-electron chi connectivity index (χ3n) is 4.20. The smallest absolute Gasteiger partial charge is 0.254 e. The first kappa shape index (κ1) is 14.5. The Morgan fingerprint density at radius 3 is 2.71 bits per heavy atom. The van der Waals surface area contributed by atoms with Gasteiger partial charge in [-0.05, 0) is 32.1 Å². The van der Waals surface area contributed by atoms with Gasteiger partial charge in [-0.15, -0.1) is 0 Å². The highest BCUT2D eigenvalue weighted by Gasteiger charge is 2.40. The maximum absolute atomic E-state index is 12.5. The third-order valence-corrected chi connectivity index (χ3v) is 4.20. The first-order chi connectivity index (χ1) is 8.00. The zero-order valence-corrected chi connectivity index (χ0v) is 11.5. The predicted molar refractivity (Wildman–Crippen MR) is 68.7 cm³/mol. The molecule has 1 saturated heterocycles. The number of likely N-dealkylation sites (tertiary alicyclic amines) is 1. The molecule has 1 fully saturated rings. The third kappa shape index (κ3) is 2.80. The Labute approximate surface area is 104 Å². The van der Waals surface area contributed by atoms with E-state index in [1.54, 1.807) is 7.11 Å². The maximum Gasteiger partial charge on any atom is 0.254 e. The minimum absolute atomic E-state index is 0.0875. The fourth-order valence-corrected chi connectivity index (χ4v) is 2.55. The number of amides is 1. The Kier molecular flexibility index (Phi) is 4.95. The number of carbonyl (C=O) groups is 1. The van der Waals surface area contributed by atoms with E-state index in [2.05, 4.69) is 6.92 Å². The molecule has 3 atom stereocenters. The van der Waals surface area contributed by atoms with Crippen molar-refractivity contribution < 1.29 is 9.53 Å². The summed E-state index contributed by atoms with van der Waals surface area (Å²) >= 11 is 0. The first-order valence-electron chi connectivity index (χ1n) is 6.56. The molecule has 1 aliphatic rings. The number of rotatable bonds is 4. The number of methoxy groups -OCH3 is 1. The van der Waals surface area contributed by atoms with E-state index in [0.29, 0.717) is 18.9 Å². The van der Waals surface area contributed by atoms with Crippen LogP contribution in [0.15, 0.2) is 0 Å². The molecular weight excluding hydrogens is 216 g/mol. The van der Waals surface area contributed by atoms with Crippen molar-refractivity contribution in [3.8, 4) is 0 Å². The minimum atomic E-state index is -0.704. The monoisotopic (exact) mass is 242 g/mol. The zero-order chi connectivity index (χ0) is 13.1. The van der Waals surface area contributed by atoms with Gasteiger partial charge in [-0.3, -0.25) is 4.79 Å². The van der Waals surface area contributed by atoms with Gasteiger partial charge < -0.3 is 15.4 Å². The van der Waals surface area contributed by atoms with Crippen LogP contribution in [-0.4, -0.2) is 42.6 Å². The molecule has 1 rings (SSSR count). The zero-order valence-electron chi connectivity index (χ0n) is 11.5. The van der Waals surface area contributed by atoms with Crippen LogP contribution in [0.25, 0.3) is 0 Å². The van der Waals surface area contributed by atoms with Gasteiger partial charge in [0, 0.05) is 26.2 Å².